The SMILES string of the molecule is O=C(Nc1c[nH]ccc1=O)c1ccc(OCC2CC2)cc1. The molecule has 3 rings (SSSR count). The van der Waals surface area contributed by atoms with Crippen LogP contribution in [0.4, 0.5) is 5.69 Å². The normalized spacial score (nSPS) is 13.7. The van der Waals surface area contributed by atoms with E-state index in [1.807, 2.05) is 0 Å². The molecule has 0 spiro atoms. The smallest absolute Gasteiger partial charge is 0.255 e. The molecule has 1 aliphatic carbocycles. The van der Waals surface area contributed by atoms with Gasteiger partial charge in [0.2, 0.25) is 5.43 Å². The third-order valence-corrected chi connectivity index (χ3v) is 3.37. The zero-order valence-corrected chi connectivity index (χ0v) is 11.5. The summed E-state index contributed by atoms with van der Waals surface area (Å²) in [6.45, 7) is 0.741. The Hall–Kier alpha value is -2.56. The summed E-state index contributed by atoms with van der Waals surface area (Å²) in [5.41, 5.74) is 0.486. The molecule has 2 aromatic rings. The molecule has 0 radical (unpaired) electrons. The fraction of sp³-hybridized carbons (Fsp3) is 0.250. The number of carbonyl (C=O) groups is 1. The van der Waals surface area contributed by atoms with Gasteiger partial charge in [-0.3, -0.25) is 9.59 Å². The Balaban J connectivity index is 1.64. The van der Waals surface area contributed by atoms with Gasteiger partial charge in [-0.2, -0.15) is 0 Å². The van der Waals surface area contributed by atoms with Crippen molar-refractivity contribution < 1.29 is 9.53 Å². The third-order valence-electron chi connectivity index (χ3n) is 3.37. The van der Waals surface area contributed by atoms with Crippen LogP contribution in [-0.2, 0) is 0 Å². The summed E-state index contributed by atoms with van der Waals surface area (Å²) in [6.07, 6.45) is 5.47. The first-order valence-electron chi connectivity index (χ1n) is 6.94. The summed E-state index contributed by atoms with van der Waals surface area (Å²) < 4.78 is 5.62. The highest BCUT2D eigenvalue weighted by Crippen LogP contribution is 2.29. The number of nitrogens with one attached hydrogen (secondary N) is 2. The molecular formula is C16H16N2O3. The molecule has 21 heavy (non-hydrogen) atoms. The average molecular weight is 284 g/mol. The van der Waals surface area contributed by atoms with Gasteiger partial charge in [-0.05, 0) is 43.0 Å². The number of pyridine rings is 1. The lowest BCUT2D eigenvalue weighted by molar-refractivity contribution is 0.102. The highest BCUT2D eigenvalue weighted by Gasteiger charge is 2.21. The number of amides is 1. The first-order chi connectivity index (χ1) is 10.2. The van der Waals surface area contributed by atoms with Gasteiger partial charge in [0.1, 0.15) is 11.4 Å². The van der Waals surface area contributed by atoms with E-state index in [1.54, 1.807) is 24.3 Å². The number of carbonyl (C=O) groups excluding carboxylic acids is 1. The molecule has 1 aromatic heterocycles. The van der Waals surface area contributed by atoms with Crippen molar-refractivity contribution >= 4 is 11.6 Å². The fourth-order valence-electron chi connectivity index (χ4n) is 1.91. The number of ether oxygens (including phenoxy) is 1. The Morgan fingerprint density at radius 3 is 2.67 bits per heavy atom. The van der Waals surface area contributed by atoms with Crippen LogP contribution < -0.4 is 15.5 Å². The Morgan fingerprint density at radius 1 is 1.24 bits per heavy atom. The number of benzene rings is 1. The predicted molar refractivity (Wildman–Crippen MR) is 79.7 cm³/mol. The summed E-state index contributed by atoms with van der Waals surface area (Å²) in [7, 11) is 0. The first kappa shape index (κ1) is 13.4. The first-order valence-corrected chi connectivity index (χ1v) is 6.94. The molecule has 0 bridgehead atoms. The highest BCUT2D eigenvalue weighted by atomic mass is 16.5. The maximum absolute atomic E-state index is 12.0. The van der Waals surface area contributed by atoms with E-state index in [1.165, 1.54) is 31.3 Å². The fourth-order valence-corrected chi connectivity index (χ4v) is 1.91. The zero-order chi connectivity index (χ0) is 14.7. The summed E-state index contributed by atoms with van der Waals surface area (Å²) in [6, 6.07) is 8.28. The van der Waals surface area contributed by atoms with Crippen LogP contribution in [0.1, 0.15) is 23.2 Å². The molecule has 0 aliphatic heterocycles. The van der Waals surface area contributed by atoms with E-state index in [0.29, 0.717) is 11.5 Å². The molecular weight excluding hydrogens is 268 g/mol. The molecule has 1 fully saturated rings. The lowest BCUT2D eigenvalue weighted by Crippen LogP contribution is -2.17. The largest absolute Gasteiger partial charge is 0.493 e. The molecule has 1 heterocycles. The van der Waals surface area contributed by atoms with Gasteiger partial charge in [0.05, 0.1) is 6.61 Å². The van der Waals surface area contributed by atoms with E-state index < -0.39 is 0 Å². The Kier molecular flexibility index (Phi) is 3.73. The van der Waals surface area contributed by atoms with Crippen molar-refractivity contribution in [2.45, 2.75) is 12.8 Å². The van der Waals surface area contributed by atoms with Crippen molar-refractivity contribution in [3.8, 4) is 5.75 Å². The molecule has 1 aliphatic rings. The molecule has 2 N–H and O–H groups in total. The number of aromatic amines is 1. The number of anilines is 1. The minimum Gasteiger partial charge on any atom is -0.493 e. The van der Waals surface area contributed by atoms with Gasteiger partial charge >= 0.3 is 0 Å². The summed E-state index contributed by atoms with van der Waals surface area (Å²) in [5.74, 6) is 1.13. The number of H-pyrrole nitrogens is 1. The van der Waals surface area contributed by atoms with Gasteiger partial charge in [-0.25, -0.2) is 0 Å². The standard InChI is InChI=1S/C16H16N2O3/c19-15-7-8-17-9-14(15)18-16(20)12-3-5-13(6-4-12)21-10-11-1-2-11/h3-9,11H,1-2,10H2,(H,17,19)(H,18,20). The van der Waals surface area contributed by atoms with Crippen LogP contribution in [0.25, 0.3) is 0 Å². The summed E-state index contributed by atoms with van der Waals surface area (Å²) in [4.78, 5) is 26.4. The quantitative estimate of drug-likeness (QED) is 0.885. The minimum absolute atomic E-state index is 0.230. The van der Waals surface area contributed by atoms with Gasteiger partial charge in [0, 0.05) is 24.0 Å². The highest BCUT2D eigenvalue weighted by molar-refractivity contribution is 6.04. The van der Waals surface area contributed by atoms with Crippen molar-refractivity contribution in [3.63, 3.8) is 0 Å². The molecule has 1 saturated carbocycles. The minimum atomic E-state index is -0.319. The lowest BCUT2D eigenvalue weighted by atomic mass is 10.2. The van der Waals surface area contributed by atoms with Crippen LogP contribution in [0.5, 0.6) is 5.75 Å². The summed E-state index contributed by atoms with van der Waals surface area (Å²) >= 11 is 0. The van der Waals surface area contributed by atoms with Gasteiger partial charge in [0.25, 0.3) is 5.91 Å². The van der Waals surface area contributed by atoms with E-state index in [-0.39, 0.29) is 17.0 Å². The third kappa shape index (κ3) is 3.51. The summed E-state index contributed by atoms with van der Waals surface area (Å²) in [5, 5.41) is 2.58. The number of hydrogen-bond donors (Lipinski definition) is 2. The lowest BCUT2D eigenvalue weighted by Gasteiger charge is -2.07. The van der Waals surface area contributed by atoms with Gasteiger partial charge < -0.3 is 15.0 Å². The van der Waals surface area contributed by atoms with Gasteiger partial charge in [-0.15, -0.1) is 0 Å². The zero-order valence-electron chi connectivity index (χ0n) is 11.5. The van der Waals surface area contributed by atoms with E-state index in [0.717, 1.165) is 12.4 Å². The monoisotopic (exact) mass is 284 g/mol. The van der Waals surface area contributed by atoms with Crippen molar-refractivity contribution in [1.29, 1.82) is 0 Å². The maximum Gasteiger partial charge on any atom is 0.255 e. The second-order valence-corrected chi connectivity index (χ2v) is 5.16. The molecule has 1 aromatic carbocycles. The van der Waals surface area contributed by atoms with Crippen LogP contribution in [0, 0.1) is 5.92 Å². The average Bonchev–Trinajstić information content (AvgIpc) is 3.32. The maximum atomic E-state index is 12.0. The van der Waals surface area contributed by atoms with E-state index in [9.17, 15) is 9.59 Å². The number of hydrogen-bond acceptors (Lipinski definition) is 3. The Morgan fingerprint density at radius 2 is 2.00 bits per heavy atom. The van der Waals surface area contributed by atoms with Crippen LogP contribution in [-0.4, -0.2) is 17.5 Å². The second kappa shape index (κ2) is 5.83. The van der Waals surface area contributed by atoms with Crippen molar-refractivity contribution in [3.05, 3.63) is 58.5 Å². The Labute approximate surface area is 122 Å². The number of aromatic nitrogens is 1. The van der Waals surface area contributed by atoms with E-state index >= 15 is 0 Å². The molecule has 5 heteroatoms. The second-order valence-electron chi connectivity index (χ2n) is 5.16. The van der Waals surface area contributed by atoms with Crippen LogP contribution in [0.3, 0.4) is 0 Å². The predicted octanol–water partition coefficient (Wildman–Crippen LogP) is 2.42. The Bertz CT molecular complexity index is 687. The number of rotatable bonds is 5. The molecule has 0 atom stereocenters. The van der Waals surface area contributed by atoms with Crippen molar-refractivity contribution in [2.24, 2.45) is 5.92 Å². The topological polar surface area (TPSA) is 71.2 Å². The molecule has 0 unspecified atom stereocenters. The van der Waals surface area contributed by atoms with E-state index in [2.05, 4.69) is 10.3 Å². The van der Waals surface area contributed by atoms with Gasteiger partial charge in [-0.1, -0.05) is 0 Å². The van der Waals surface area contributed by atoms with Crippen LogP contribution in [0.15, 0.2) is 47.5 Å². The van der Waals surface area contributed by atoms with Crippen LogP contribution >= 0.6 is 0 Å². The van der Waals surface area contributed by atoms with Crippen LogP contribution in [0.2, 0.25) is 0 Å². The molecule has 1 amide bonds. The van der Waals surface area contributed by atoms with Gasteiger partial charge in [0.15, 0.2) is 0 Å². The molecule has 108 valence electrons. The van der Waals surface area contributed by atoms with Crippen molar-refractivity contribution in [2.75, 3.05) is 11.9 Å². The molecule has 0 saturated heterocycles. The van der Waals surface area contributed by atoms with E-state index in [4.69, 9.17) is 4.74 Å². The molecule has 5 nitrogen and oxygen atoms in total. The van der Waals surface area contributed by atoms with Crippen molar-refractivity contribution in [1.82, 2.24) is 4.98 Å².